The van der Waals surface area contributed by atoms with Crippen LogP contribution in [-0.2, 0) is 14.3 Å². The van der Waals surface area contributed by atoms with Gasteiger partial charge in [-0.3, -0.25) is 14.2 Å². The van der Waals surface area contributed by atoms with Gasteiger partial charge in [0, 0.05) is 21.3 Å². The number of hydrogen-bond acceptors (Lipinski definition) is 8. The van der Waals surface area contributed by atoms with Gasteiger partial charge in [-0.1, -0.05) is 27.3 Å². The van der Waals surface area contributed by atoms with E-state index < -0.39 is 17.6 Å². The molecule has 0 bridgehead atoms. The number of carbonyl (C=O) groups excluding carboxylic acids is 2. The highest BCUT2D eigenvalue weighted by molar-refractivity contribution is 9.10. The van der Waals surface area contributed by atoms with E-state index in [1.165, 1.54) is 18.8 Å². The maximum Gasteiger partial charge on any atom is 0.338 e. The second-order valence-corrected chi connectivity index (χ2v) is 10.1. The number of methoxy groups -OCH3 is 2. The molecule has 37 heavy (non-hydrogen) atoms. The van der Waals surface area contributed by atoms with Gasteiger partial charge >= 0.3 is 5.97 Å². The van der Waals surface area contributed by atoms with Crippen LogP contribution in [0.15, 0.2) is 61.9 Å². The molecular weight excluding hydrogens is 562 g/mol. The Morgan fingerprint density at radius 3 is 2.65 bits per heavy atom. The van der Waals surface area contributed by atoms with E-state index in [2.05, 4.69) is 26.2 Å². The minimum Gasteiger partial charge on any atom is -0.497 e. The summed E-state index contributed by atoms with van der Waals surface area (Å²) in [6.07, 6.45) is 0. The molecule has 3 aromatic rings. The number of nitrogens with zero attached hydrogens (tertiary/aromatic N) is 2. The summed E-state index contributed by atoms with van der Waals surface area (Å²) in [5.74, 6) is 0.000605. The Morgan fingerprint density at radius 2 is 1.95 bits per heavy atom. The number of ether oxygens (including phenoxy) is 3. The van der Waals surface area contributed by atoms with E-state index in [-0.39, 0.29) is 28.2 Å². The fourth-order valence-corrected chi connectivity index (χ4v) is 6.06. The van der Waals surface area contributed by atoms with E-state index in [4.69, 9.17) is 14.2 Å². The maximum absolute atomic E-state index is 14.1. The van der Waals surface area contributed by atoms with Gasteiger partial charge in [-0.25, -0.2) is 9.79 Å². The van der Waals surface area contributed by atoms with Crippen molar-refractivity contribution < 1.29 is 23.8 Å². The van der Waals surface area contributed by atoms with Crippen LogP contribution in [0.1, 0.15) is 31.0 Å². The number of esters is 1. The van der Waals surface area contributed by atoms with Crippen molar-refractivity contribution in [2.24, 2.45) is 4.99 Å². The van der Waals surface area contributed by atoms with E-state index in [9.17, 15) is 14.4 Å². The SMILES string of the molecule is CCOC(=O)C1=C(C)N=c2s/c(=C3\C(=O)Nc4ccc(Br)cc43)c(=O)n2[C@@H]1c1cc(OC)ccc1OC. The van der Waals surface area contributed by atoms with E-state index in [1.54, 1.807) is 44.2 Å². The standard InChI is InChI=1S/C26H22BrN3O6S/c1-5-36-25(33)19-12(2)28-26-30(21(19)16-11-14(34-3)7-9-18(16)35-4)24(32)22(37-26)20-15-10-13(27)6-8-17(15)29-23(20)31/h6-11,21H,5H2,1-4H3,(H,29,31)/b22-20-/t21-/m1/s1. The zero-order chi connectivity index (χ0) is 26.4. The Balaban J connectivity index is 1.86. The van der Waals surface area contributed by atoms with Crippen LogP contribution < -0.4 is 29.7 Å². The van der Waals surface area contributed by atoms with Crippen LogP contribution in [0.2, 0.25) is 0 Å². The van der Waals surface area contributed by atoms with Gasteiger partial charge in [-0.05, 0) is 50.2 Å². The van der Waals surface area contributed by atoms with Gasteiger partial charge in [0.05, 0.1) is 37.7 Å². The van der Waals surface area contributed by atoms with Crippen LogP contribution in [0.3, 0.4) is 0 Å². The molecular formula is C26H22BrN3O6S. The molecule has 1 aromatic heterocycles. The van der Waals surface area contributed by atoms with Crippen molar-refractivity contribution in [2.75, 3.05) is 26.1 Å². The smallest absolute Gasteiger partial charge is 0.338 e. The molecule has 2 aliphatic rings. The first-order valence-corrected chi connectivity index (χ1v) is 12.9. The first-order chi connectivity index (χ1) is 17.8. The Kier molecular flexibility index (Phi) is 6.50. The molecule has 0 saturated heterocycles. The fraction of sp³-hybridized carbons (Fsp3) is 0.231. The zero-order valence-electron chi connectivity index (χ0n) is 20.4. The predicted molar refractivity (Wildman–Crippen MR) is 142 cm³/mol. The van der Waals surface area contributed by atoms with Crippen LogP contribution in [0.5, 0.6) is 11.5 Å². The molecule has 1 amide bonds. The number of amides is 1. The predicted octanol–water partition coefficient (Wildman–Crippen LogP) is 2.90. The molecule has 0 radical (unpaired) electrons. The lowest BCUT2D eigenvalue weighted by Crippen LogP contribution is -2.40. The highest BCUT2D eigenvalue weighted by atomic mass is 79.9. The quantitative estimate of drug-likeness (QED) is 0.463. The summed E-state index contributed by atoms with van der Waals surface area (Å²) in [5.41, 5.74) is 2.17. The summed E-state index contributed by atoms with van der Waals surface area (Å²) < 4.78 is 18.8. The summed E-state index contributed by atoms with van der Waals surface area (Å²) in [6.45, 7) is 3.55. The van der Waals surface area contributed by atoms with Crippen molar-refractivity contribution in [3.63, 3.8) is 0 Å². The molecule has 0 aliphatic carbocycles. The lowest BCUT2D eigenvalue weighted by molar-refractivity contribution is -0.139. The molecule has 0 saturated carbocycles. The van der Waals surface area contributed by atoms with Crippen LogP contribution in [0.25, 0.3) is 5.57 Å². The number of benzene rings is 2. The second-order valence-electron chi connectivity index (χ2n) is 8.25. The molecule has 3 heterocycles. The van der Waals surface area contributed by atoms with Crippen LogP contribution >= 0.6 is 27.3 Å². The monoisotopic (exact) mass is 583 g/mol. The maximum atomic E-state index is 14.1. The molecule has 5 rings (SSSR count). The van der Waals surface area contributed by atoms with Gasteiger partial charge in [0.1, 0.15) is 22.1 Å². The van der Waals surface area contributed by atoms with Crippen molar-refractivity contribution in [3.05, 3.63) is 83.0 Å². The van der Waals surface area contributed by atoms with Crippen LogP contribution in [-0.4, -0.2) is 37.3 Å². The molecule has 1 atom stereocenters. The molecule has 0 spiro atoms. The summed E-state index contributed by atoms with van der Waals surface area (Å²) in [4.78, 5) is 45.2. The first kappa shape index (κ1) is 25.0. The summed E-state index contributed by atoms with van der Waals surface area (Å²) in [5, 5.41) is 2.82. The number of thiazole rings is 1. The number of anilines is 1. The highest BCUT2D eigenvalue weighted by Gasteiger charge is 2.36. The van der Waals surface area contributed by atoms with E-state index >= 15 is 0 Å². The number of nitrogens with one attached hydrogen (secondary N) is 1. The Morgan fingerprint density at radius 1 is 1.16 bits per heavy atom. The topological polar surface area (TPSA) is 108 Å². The Labute approximate surface area is 223 Å². The largest absolute Gasteiger partial charge is 0.497 e. The zero-order valence-corrected chi connectivity index (χ0v) is 22.8. The van der Waals surface area contributed by atoms with Gasteiger partial charge in [0.15, 0.2) is 4.80 Å². The number of allylic oxidation sites excluding steroid dienone is 1. The molecule has 0 fully saturated rings. The van der Waals surface area contributed by atoms with Crippen LogP contribution in [0.4, 0.5) is 5.69 Å². The lowest BCUT2D eigenvalue weighted by atomic mass is 9.94. The fourth-order valence-electron chi connectivity index (χ4n) is 4.55. The Bertz CT molecular complexity index is 1690. The van der Waals surface area contributed by atoms with Crippen molar-refractivity contribution in [1.82, 2.24) is 4.57 Å². The Hall–Kier alpha value is -3.70. The minimum atomic E-state index is -0.916. The highest BCUT2D eigenvalue weighted by Crippen LogP contribution is 2.38. The number of fused-ring (bicyclic) bond motifs is 2. The minimum absolute atomic E-state index is 0.151. The van der Waals surface area contributed by atoms with Crippen molar-refractivity contribution >= 4 is 50.4 Å². The van der Waals surface area contributed by atoms with E-state index in [1.807, 2.05) is 6.07 Å². The average Bonchev–Trinajstić information content (AvgIpc) is 3.37. The van der Waals surface area contributed by atoms with Crippen molar-refractivity contribution in [1.29, 1.82) is 0 Å². The molecule has 9 nitrogen and oxygen atoms in total. The molecule has 190 valence electrons. The van der Waals surface area contributed by atoms with Gasteiger partial charge in [-0.15, -0.1) is 0 Å². The van der Waals surface area contributed by atoms with E-state index in [0.717, 1.165) is 15.8 Å². The first-order valence-electron chi connectivity index (χ1n) is 11.3. The summed E-state index contributed by atoms with van der Waals surface area (Å²) in [7, 11) is 3.04. The number of aromatic nitrogens is 1. The van der Waals surface area contributed by atoms with Crippen molar-refractivity contribution in [2.45, 2.75) is 19.9 Å². The van der Waals surface area contributed by atoms with E-state index in [0.29, 0.717) is 38.8 Å². The molecule has 2 aromatic carbocycles. The number of rotatable bonds is 5. The second kappa shape index (κ2) is 9.64. The molecule has 2 aliphatic heterocycles. The van der Waals surface area contributed by atoms with Gasteiger partial charge in [0.25, 0.3) is 11.5 Å². The summed E-state index contributed by atoms with van der Waals surface area (Å²) in [6, 6.07) is 9.62. The molecule has 0 unspecified atom stereocenters. The normalized spacial score (nSPS) is 17.5. The van der Waals surface area contributed by atoms with Crippen molar-refractivity contribution in [3.8, 4) is 11.5 Å². The molecule has 1 N–H and O–H groups in total. The third kappa shape index (κ3) is 4.08. The molecule has 11 heteroatoms. The van der Waals surface area contributed by atoms with Gasteiger partial charge in [-0.2, -0.15) is 0 Å². The van der Waals surface area contributed by atoms with Gasteiger partial charge in [0.2, 0.25) is 0 Å². The number of halogens is 1. The third-order valence-corrected chi connectivity index (χ3v) is 7.72. The lowest BCUT2D eigenvalue weighted by Gasteiger charge is -2.26. The number of carbonyl (C=O) groups is 2. The third-order valence-electron chi connectivity index (χ3n) is 6.18. The van der Waals surface area contributed by atoms with Gasteiger partial charge < -0.3 is 19.5 Å². The number of hydrogen-bond donors (Lipinski definition) is 1. The van der Waals surface area contributed by atoms with Crippen LogP contribution in [0, 0.1) is 0 Å². The summed E-state index contributed by atoms with van der Waals surface area (Å²) >= 11 is 4.54. The average molecular weight is 584 g/mol.